The number of hydrogen-bond acceptors (Lipinski definition) is 1. The zero-order valence-corrected chi connectivity index (χ0v) is 14.3. The van der Waals surface area contributed by atoms with Gasteiger partial charge < -0.3 is 4.90 Å². The number of aryl methyl sites for hydroxylation is 2. The summed E-state index contributed by atoms with van der Waals surface area (Å²) in [5, 5.41) is 0. The zero-order chi connectivity index (χ0) is 17.1. The first-order chi connectivity index (χ1) is 11.5. The standard InChI is InChI=1S/C21H24FNO/c1-15-4-3-5-18(14-15)21(24)23-16(2)6-12-20(23)13-9-17-7-10-19(22)11-8-17/h3-5,7-8,10-11,14,16,20H,6,9,12-13H2,1-2H3/t16-,20-/m1/s1. The summed E-state index contributed by atoms with van der Waals surface area (Å²) in [6.07, 6.45) is 3.88. The molecule has 0 aromatic heterocycles. The summed E-state index contributed by atoms with van der Waals surface area (Å²) in [5.74, 6) is -0.0719. The summed E-state index contributed by atoms with van der Waals surface area (Å²) in [4.78, 5) is 15.0. The van der Waals surface area contributed by atoms with Crippen molar-refractivity contribution >= 4 is 5.91 Å². The summed E-state index contributed by atoms with van der Waals surface area (Å²) in [5.41, 5.74) is 3.00. The van der Waals surface area contributed by atoms with Crippen LogP contribution in [0.25, 0.3) is 0 Å². The van der Waals surface area contributed by atoms with Gasteiger partial charge in [0.2, 0.25) is 0 Å². The van der Waals surface area contributed by atoms with Crippen LogP contribution in [0.1, 0.15) is 47.7 Å². The Morgan fingerprint density at radius 1 is 1.17 bits per heavy atom. The second-order valence-corrected chi connectivity index (χ2v) is 6.83. The van der Waals surface area contributed by atoms with Gasteiger partial charge in [-0.2, -0.15) is 0 Å². The molecule has 0 unspecified atom stereocenters. The molecular weight excluding hydrogens is 301 g/mol. The fourth-order valence-corrected chi connectivity index (χ4v) is 3.63. The molecule has 0 saturated carbocycles. The number of amides is 1. The molecule has 2 aromatic carbocycles. The lowest BCUT2D eigenvalue weighted by Gasteiger charge is -2.29. The number of nitrogens with zero attached hydrogens (tertiary/aromatic N) is 1. The molecular formula is C21H24FNO. The van der Waals surface area contributed by atoms with E-state index in [-0.39, 0.29) is 23.8 Å². The van der Waals surface area contributed by atoms with Crippen molar-refractivity contribution in [3.8, 4) is 0 Å². The maximum absolute atomic E-state index is 13.0. The number of hydrogen-bond donors (Lipinski definition) is 0. The topological polar surface area (TPSA) is 20.3 Å². The molecule has 0 spiro atoms. The van der Waals surface area contributed by atoms with E-state index in [0.717, 1.165) is 42.4 Å². The predicted molar refractivity (Wildman–Crippen MR) is 94.6 cm³/mol. The highest BCUT2D eigenvalue weighted by atomic mass is 19.1. The molecule has 0 N–H and O–H groups in total. The largest absolute Gasteiger partial charge is 0.333 e. The van der Waals surface area contributed by atoms with E-state index in [1.165, 1.54) is 12.1 Å². The van der Waals surface area contributed by atoms with Crippen LogP contribution in [0.15, 0.2) is 48.5 Å². The minimum atomic E-state index is -0.204. The predicted octanol–water partition coefficient (Wildman–Crippen LogP) is 4.76. The lowest BCUT2D eigenvalue weighted by molar-refractivity contribution is 0.0672. The molecule has 2 aromatic rings. The minimum Gasteiger partial charge on any atom is -0.333 e. The Hall–Kier alpha value is -2.16. The van der Waals surface area contributed by atoms with Crippen LogP contribution in [0.5, 0.6) is 0 Å². The van der Waals surface area contributed by atoms with Gasteiger partial charge in [-0.3, -0.25) is 4.79 Å². The van der Waals surface area contributed by atoms with Gasteiger partial charge in [-0.25, -0.2) is 4.39 Å². The Bertz CT molecular complexity index is 710. The van der Waals surface area contributed by atoms with Crippen molar-refractivity contribution in [2.45, 2.75) is 51.6 Å². The molecule has 2 atom stereocenters. The van der Waals surface area contributed by atoms with Crippen LogP contribution in [0, 0.1) is 12.7 Å². The van der Waals surface area contributed by atoms with Crippen molar-refractivity contribution in [2.75, 3.05) is 0 Å². The molecule has 1 saturated heterocycles. The average molecular weight is 325 g/mol. The molecule has 0 aliphatic carbocycles. The van der Waals surface area contributed by atoms with E-state index in [4.69, 9.17) is 0 Å². The number of carbonyl (C=O) groups is 1. The number of benzene rings is 2. The highest BCUT2D eigenvalue weighted by molar-refractivity contribution is 5.95. The van der Waals surface area contributed by atoms with Gasteiger partial charge in [-0.1, -0.05) is 29.8 Å². The highest BCUT2D eigenvalue weighted by Crippen LogP contribution is 2.29. The molecule has 2 nitrogen and oxygen atoms in total. The van der Waals surface area contributed by atoms with E-state index in [0.29, 0.717) is 0 Å². The van der Waals surface area contributed by atoms with Crippen molar-refractivity contribution in [2.24, 2.45) is 0 Å². The van der Waals surface area contributed by atoms with E-state index >= 15 is 0 Å². The summed E-state index contributed by atoms with van der Waals surface area (Å²) in [6, 6.07) is 15.0. The second-order valence-electron chi connectivity index (χ2n) is 6.83. The normalized spacial score (nSPS) is 20.4. The fraction of sp³-hybridized carbons (Fsp3) is 0.381. The summed E-state index contributed by atoms with van der Waals surface area (Å²) >= 11 is 0. The van der Waals surface area contributed by atoms with E-state index < -0.39 is 0 Å². The van der Waals surface area contributed by atoms with Gasteiger partial charge in [0.25, 0.3) is 5.91 Å². The van der Waals surface area contributed by atoms with Gasteiger partial charge >= 0.3 is 0 Å². The second kappa shape index (κ2) is 7.16. The lowest BCUT2D eigenvalue weighted by Crippen LogP contribution is -2.40. The molecule has 24 heavy (non-hydrogen) atoms. The maximum Gasteiger partial charge on any atom is 0.254 e. The Balaban J connectivity index is 1.70. The third-order valence-corrected chi connectivity index (χ3v) is 4.96. The summed E-state index contributed by atoms with van der Waals surface area (Å²) < 4.78 is 13.0. The number of carbonyl (C=O) groups excluding carboxylic acids is 1. The molecule has 0 radical (unpaired) electrons. The number of likely N-dealkylation sites (tertiary alicyclic amines) is 1. The third-order valence-electron chi connectivity index (χ3n) is 4.96. The quantitative estimate of drug-likeness (QED) is 0.793. The molecule has 1 aliphatic rings. The number of halogens is 1. The van der Waals surface area contributed by atoms with Crippen LogP contribution in [0.2, 0.25) is 0 Å². The first kappa shape index (κ1) is 16.7. The SMILES string of the molecule is Cc1cccc(C(=O)N2[C@@H](CCc3ccc(F)cc3)CC[C@H]2C)c1. The molecule has 3 heteroatoms. The van der Waals surface area contributed by atoms with Crippen molar-refractivity contribution in [3.05, 3.63) is 71.0 Å². The van der Waals surface area contributed by atoms with Gasteiger partial charge in [-0.05, 0) is 69.4 Å². The summed E-state index contributed by atoms with van der Waals surface area (Å²) in [6.45, 7) is 4.14. The molecule has 0 bridgehead atoms. The molecule has 1 amide bonds. The van der Waals surface area contributed by atoms with Crippen molar-refractivity contribution < 1.29 is 9.18 Å². The van der Waals surface area contributed by atoms with Gasteiger partial charge in [-0.15, -0.1) is 0 Å². The smallest absolute Gasteiger partial charge is 0.254 e. The highest BCUT2D eigenvalue weighted by Gasteiger charge is 2.34. The molecule has 3 rings (SSSR count). The van der Waals surface area contributed by atoms with E-state index in [1.807, 2.05) is 43.3 Å². The van der Waals surface area contributed by atoms with Crippen molar-refractivity contribution in [1.82, 2.24) is 4.90 Å². The molecule has 1 heterocycles. The Morgan fingerprint density at radius 2 is 1.92 bits per heavy atom. The van der Waals surface area contributed by atoms with E-state index in [1.54, 1.807) is 0 Å². The van der Waals surface area contributed by atoms with E-state index in [2.05, 4.69) is 11.8 Å². The first-order valence-electron chi connectivity index (χ1n) is 8.68. The molecule has 1 fully saturated rings. The monoisotopic (exact) mass is 325 g/mol. The average Bonchev–Trinajstić information content (AvgIpc) is 2.94. The van der Waals surface area contributed by atoms with Crippen molar-refractivity contribution in [3.63, 3.8) is 0 Å². The third kappa shape index (κ3) is 3.66. The van der Waals surface area contributed by atoms with Crippen LogP contribution < -0.4 is 0 Å². The van der Waals surface area contributed by atoms with Crippen LogP contribution in [0.3, 0.4) is 0 Å². The Kier molecular flexibility index (Phi) is 4.98. The van der Waals surface area contributed by atoms with Crippen LogP contribution in [-0.4, -0.2) is 22.9 Å². The van der Waals surface area contributed by atoms with Gasteiger partial charge in [0, 0.05) is 17.6 Å². The van der Waals surface area contributed by atoms with Crippen molar-refractivity contribution in [1.29, 1.82) is 0 Å². The first-order valence-corrected chi connectivity index (χ1v) is 8.68. The minimum absolute atomic E-state index is 0.132. The zero-order valence-electron chi connectivity index (χ0n) is 14.3. The van der Waals surface area contributed by atoms with Crippen LogP contribution >= 0.6 is 0 Å². The number of rotatable bonds is 4. The fourth-order valence-electron chi connectivity index (χ4n) is 3.63. The van der Waals surface area contributed by atoms with Gasteiger partial charge in [0.1, 0.15) is 5.82 Å². The lowest BCUT2D eigenvalue weighted by atomic mass is 10.0. The Morgan fingerprint density at radius 3 is 2.62 bits per heavy atom. The van der Waals surface area contributed by atoms with Gasteiger partial charge in [0.15, 0.2) is 0 Å². The maximum atomic E-state index is 13.0. The summed E-state index contributed by atoms with van der Waals surface area (Å²) in [7, 11) is 0. The molecule has 126 valence electrons. The Labute approximate surface area is 143 Å². The van der Waals surface area contributed by atoms with E-state index in [9.17, 15) is 9.18 Å². The van der Waals surface area contributed by atoms with Gasteiger partial charge in [0.05, 0.1) is 0 Å². The van der Waals surface area contributed by atoms with Crippen LogP contribution in [0.4, 0.5) is 4.39 Å². The van der Waals surface area contributed by atoms with Crippen LogP contribution in [-0.2, 0) is 6.42 Å². The molecule has 1 aliphatic heterocycles.